The van der Waals surface area contributed by atoms with Crippen LogP contribution in [0.4, 0.5) is 0 Å². The monoisotopic (exact) mass is 332 g/mol. The highest BCUT2D eigenvalue weighted by Gasteiger charge is 2.16. The molecule has 2 heterocycles. The molecule has 5 nitrogen and oxygen atoms in total. The minimum absolute atomic E-state index is 0.0692. The second-order valence-electron chi connectivity index (χ2n) is 5.44. The number of ether oxygens (including phenoxy) is 2. The number of nitrogens with one attached hydrogen (secondary N) is 1. The molecule has 0 aliphatic carbocycles. The molecule has 0 bridgehead atoms. The molecule has 1 N–H and O–H groups in total. The summed E-state index contributed by atoms with van der Waals surface area (Å²) in [5.74, 6) is 0.734. The van der Waals surface area contributed by atoms with Gasteiger partial charge in [-0.1, -0.05) is 0 Å². The third kappa shape index (κ3) is 4.09. The Bertz CT molecular complexity index is 648. The zero-order valence-electron chi connectivity index (χ0n) is 13.1. The van der Waals surface area contributed by atoms with Gasteiger partial charge in [-0.25, -0.2) is 4.98 Å². The Balaban J connectivity index is 1.55. The van der Waals surface area contributed by atoms with Gasteiger partial charge >= 0.3 is 0 Å². The topological polar surface area (TPSA) is 60.5 Å². The number of rotatable bonds is 6. The molecule has 1 aliphatic rings. The zero-order chi connectivity index (χ0) is 16.1. The molecule has 3 rings (SSSR count). The molecule has 0 spiro atoms. The van der Waals surface area contributed by atoms with Gasteiger partial charge in [-0.15, -0.1) is 11.3 Å². The van der Waals surface area contributed by atoms with Crippen molar-refractivity contribution in [2.45, 2.75) is 25.4 Å². The summed E-state index contributed by atoms with van der Waals surface area (Å²) < 4.78 is 10.7. The molecule has 1 atom stereocenters. The lowest BCUT2D eigenvalue weighted by Gasteiger charge is -2.09. The number of hydrogen-bond acceptors (Lipinski definition) is 5. The number of aromatic nitrogens is 1. The van der Waals surface area contributed by atoms with E-state index in [2.05, 4.69) is 10.3 Å². The minimum atomic E-state index is -0.0692. The van der Waals surface area contributed by atoms with Gasteiger partial charge in [0, 0.05) is 18.7 Å². The van der Waals surface area contributed by atoms with Crippen LogP contribution in [0.15, 0.2) is 30.5 Å². The van der Waals surface area contributed by atoms with Gasteiger partial charge in [0.25, 0.3) is 5.91 Å². The average molecular weight is 332 g/mol. The fourth-order valence-corrected chi connectivity index (χ4v) is 3.39. The van der Waals surface area contributed by atoms with Gasteiger partial charge in [-0.3, -0.25) is 4.79 Å². The second kappa shape index (κ2) is 7.57. The molecule has 1 aromatic carbocycles. The summed E-state index contributed by atoms with van der Waals surface area (Å²) >= 11 is 1.40. The lowest BCUT2D eigenvalue weighted by molar-refractivity contribution is 0.0910. The van der Waals surface area contributed by atoms with Crippen LogP contribution in [-0.2, 0) is 4.74 Å². The van der Waals surface area contributed by atoms with Crippen molar-refractivity contribution in [1.29, 1.82) is 0 Å². The molecule has 0 saturated carbocycles. The molecule has 0 unspecified atom stereocenters. The summed E-state index contributed by atoms with van der Waals surface area (Å²) in [6.07, 6.45) is 5.02. The Morgan fingerprint density at radius 1 is 1.43 bits per heavy atom. The first-order chi connectivity index (χ1) is 11.3. The van der Waals surface area contributed by atoms with E-state index < -0.39 is 0 Å². The average Bonchev–Trinajstić information content (AvgIpc) is 3.26. The molecule has 1 aromatic heterocycles. The third-order valence-corrected chi connectivity index (χ3v) is 4.89. The summed E-state index contributed by atoms with van der Waals surface area (Å²) in [4.78, 5) is 17.1. The summed E-state index contributed by atoms with van der Waals surface area (Å²) in [6, 6.07) is 7.66. The highest BCUT2D eigenvalue weighted by atomic mass is 32.1. The predicted octanol–water partition coefficient (Wildman–Crippen LogP) is 3.12. The number of carbonyl (C=O) groups excluding carboxylic acids is 1. The van der Waals surface area contributed by atoms with Crippen LogP contribution in [0.2, 0.25) is 0 Å². The van der Waals surface area contributed by atoms with Gasteiger partial charge in [0.05, 0.1) is 19.4 Å². The first-order valence-electron chi connectivity index (χ1n) is 7.76. The van der Waals surface area contributed by atoms with Crippen molar-refractivity contribution in [3.63, 3.8) is 0 Å². The molecular formula is C17H20N2O3S. The maximum Gasteiger partial charge on any atom is 0.263 e. The fourth-order valence-electron chi connectivity index (χ4n) is 2.55. The molecular weight excluding hydrogens is 312 g/mol. The first kappa shape index (κ1) is 16.0. The molecule has 2 aromatic rings. The maximum atomic E-state index is 12.2. The number of amides is 1. The van der Waals surface area contributed by atoms with Gasteiger partial charge < -0.3 is 14.8 Å². The van der Waals surface area contributed by atoms with Gasteiger partial charge in [0.15, 0.2) is 0 Å². The summed E-state index contributed by atoms with van der Waals surface area (Å²) in [5, 5.41) is 3.77. The molecule has 1 aliphatic heterocycles. The quantitative estimate of drug-likeness (QED) is 0.883. The minimum Gasteiger partial charge on any atom is -0.497 e. The summed E-state index contributed by atoms with van der Waals surface area (Å²) in [6.45, 7) is 1.48. The van der Waals surface area contributed by atoms with Crippen LogP contribution < -0.4 is 10.1 Å². The molecule has 1 saturated heterocycles. The number of methoxy groups -OCH3 is 1. The van der Waals surface area contributed by atoms with E-state index in [0.717, 1.165) is 42.2 Å². The summed E-state index contributed by atoms with van der Waals surface area (Å²) in [5.41, 5.74) is 0.981. The van der Waals surface area contributed by atoms with Gasteiger partial charge in [0.1, 0.15) is 15.6 Å². The van der Waals surface area contributed by atoms with Gasteiger partial charge in [-0.05, 0) is 43.5 Å². The lowest BCUT2D eigenvalue weighted by Crippen LogP contribution is -2.26. The number of carbonyl (C=O) groups is 1. The summed E-state index contributed by atoms with van der Waals surface area (Å²) in [7, 11) is 1.64. The van der Waals surface area contributed by atoms with Crippen molar-refractivity contribution in [3.05, 3.63) is 35.3 Å². The number of benzene rings is 1. The van der Waals surface area contributed by atoms with Crippen LogP contribution in [0.3, 0.4) is 0 Å². The van der Waals surface area contributed by atoms with Crippen LogP contribution in [0.25, 0.3) is 10.6 Å². The molecule has 1 fully saturated rings. The number of thiazole rings is 1. The Morgan fingerprint density at radius 2 is 2.26 bits per heavy atom. The van der Waals surface area contributed by atoms with E-state index in [1.807, 2.05) is 24.3 Å². The van der Waals surface area contributed by atoms with E-state index in [1.54, 1.807) is 13.3 Å². The van der Waals surface area contributed by atoms with Crippen molar-refractivity contribution in [2.75, 3.05) is 20.3 Å². The van der Waals surface area contributed by atoms with E-state index in [0.29, 0.717) is 17.5 Å². The third-order valence-electron chi connectivity index (χ3n) is 3.84. The number of nitrogens with zero attached hydrogens (tertiary/aromatic N) is 1. The van der Waals surface area contributed by atoms with E-state index in [1.165, 1.54) is 11.3 Å². The Kier molecular flexibility index (Phi) is 5.25. The van der Waals surface area contributed by atoms with Crippen LogP contribution >= 0.6 is 11.3 Å². The molecule has 1 amide bonds. The first-order valence-corrected chi connectivity index (χ1v) is 8.58. The highest BCUT2D eigenvalue weighted by Crippen LogP contribution is 2.26. The van der Waals surface area contributed by atoms with E-state index in [4.69, 9.17) is 9.47 Å². The molecule has 122 valence electrons. The lowest BCUT2D eigenvalue weighted by atomic mass is 10.2. The zero-order valence-corrected chi connectivity index (χ0v) is 13.9. The van der Waals surface area contributed by atoms with Crippen LogP contribution in [0, 0.1) is 0 Å². The molecule has 0 radical (unpaired) electrons. The molecule has 6 heteroatoms. The SMILES string of the molecule is COc1ccc(-c2ncc(C(=O)NCC[C@@H]3CCCO3)s2)cc1. The van der Waals surface area contributed by atoms with Gasteiger partial charge in [-0.2, -0.15) is 0 Å². The Morgan fingerprint density at radius 3 is 2.96 bits per heavy atom. The fraction of sp³-hybridized carbons (Fsp3) is 0.412. The van der Waals surface area contributed by atoms with Crippen LogP contribution in [0.1, 0.15) is 28.9 Å². The van der Waals surface area contributed by atoms with E-state index in [9.17, 15) is 4.79 Å². The second-order valence-corrected chi connectivity index (χ2v) is 6.47. The van der Waals surface area contributed by atoms with E-state index >= 15 is 0 Å². The smallest absolute Gasteiger partial charge is 0.263 e. The van der Waals surface area contributed by atoms with Crippen molar-refractivity contribution in [3.8, 4) is 16.3 Å². The molecule has 23 heavy (non-hydrogen) atoms. The highest BCUT2D eigenvalue weighted by molar-refractivity contribution is 7.16. The van der Waals surface area contributed by atoms with Gasteiger partial charge in [0.2, 0.25) is 0 Å². The predicted molar refractivity (Wildman–Crippen MR) is 90.0 cm³/mol. The normalized spacial score (nSPS) is 17.2. The standard InChI is InChI=1S/C17H20N2O3S/c1-21-13-6-4-12(5-7-13)17-19-11-15(23-17)16(20)18-9-8-14-3-2-10-22-14/h4-7,11,14H,2-3,8-10H2,1H3,(H,18,20)/t14-/m0/s1. The number of hydrogen-bond donors (Lipinski definition) is 1. The van der Waals surface area contributed by atoms with Crippen LogP contribution in [-0.4, -0.2) is 37.3 Å². The largest absolute Gasteiger partial charge is 0.497 e. The van der Waals surface area contributed by atoms with Crippen molar-refractivity contribution >= 4 is 17.2 Å². The van der Waals surface area contributed by atoms with Crippen molar-refractivity contribution in [2.24, 2.45) is 0 Å². The van der Waals surface area contributed by atoms with E-state index in [-0.39, 0.29) is 5.91 Å². The Labute approximate surface area is 139 Å². The Hall–Kier alpha value is -1.92. The maximum absolute atomic E-state index is 12.2. The van der Waals surface area contributed by atoms with Crippen molar-refractivity contribution in [1.82, 2.24) is 10.3 Å². The van der Waals surface area contributed by atoms with Crippen molar-refractivity contribution < 1.29 is 14.3 Å². The van der Waals surface area contributed by atoms with Crippen LogP contribution in [0.5, 0.6) is 5.75 Å².